The van der Waals surface area contributed by atoms with Crippen molar-refractivity contribution in [3.05, 3.63) is 0 Å². The minimum Gasteiger partial charge on any atom is -0.388 e. The van der Waals surface area contributed by atoms with Crippen LogP contribution in [0.15, 0.2) is 0 Å². The van der Waals surface area contributed by atoms with E-state index in [-0.39, 0.29) is 12.5 Å². The summed E-state index contributed by atoms with van der Waals surface area (Å²) >= 11 is 0. The molecule has 0 rings (SSSR count). The fourth-order valence-electron chi connectivity index (χ4n) is 1.48. The van der Waals surface area contributed by atoms with E-state index in [9.17, 15) is 9.90 Å². The van der Waals surface area contributed by atoms with Crippen molar-refractivity contribution in [2.24, 2.45) is 5.92 Å². The standard InChI is InChI=1S/C11H23NO3/c1-8(2)6-11(4,14)7-12-10(13)9(3)15-5/h8-9,14H,6-7H2,1-5H3,(H,12,13). The van der Waals surface area contributed by atoms with Crippen molar-refractivity contribution in [1.82, 2.24) is 5.32 Å². The second kappa shape index (κ2) is 6.08. The summed E-state index contributed by atoms with van der Waals surface area (Å²) in [7, 11) is 1.48. The molecule has 0 aromatic carbocycles. The molecule has 0 saturated carbocycles. The Labute approximate surface area is 92.0 Å². The van der Waals surface area contributed by atoms with Crippen molar-refractivity contribution < 1.29 is 14.6 Å². The molecule has 4 heteroatoms. The SMILES string of the molecule is COC(C)C(=O)NCC(C)(O)CC(C)C. The molecule has 0 aromatic heterocycles. The van der Waals surface area contributed by atoms with Crippen molar-refractivity contribution in [3.8, 4) is 0 Å². The molecule has 0 heterocycles. The zero-order chi connectivity index (χ0) is 12.1. The van der Waals surface area contributed by atoms with Crippen LogP contribution in [0.2, 0.25) is 0 Å². The van der Waals surface area contributed by atoms with Crippen LogP contribution in [-0.2, 0) is 9.53 Å². The molecule has 2 atom stereocenters. The zero-order valence-corrected chi connectivity index (χ0v) is 10.3. The maximum atomic E-state index is 11.4. The number of methoxy groups -OCH3 is 1. The highest BCUT2D eigenvalue weighted by atomic mass is 16.5. The van der Waals surface area contributed by atoms with Crippen LogP contribution in [0, 0.1) is 5.92 Å². The molecule has 0 aliphatic rings. The average Bonchev–Trinajstić information content (AvgIpc) is 2.11. The smallest absolute Gasteiger partial charge is 0.248 e. The van der Waals surface area contributed by atoms with Gasteiger partial charge in [-0.2, -0.15) is 0 Å². The van der Waals surface area contributed by atoms with E-state index in [1.165, 1.54) is 7.11 Å². The van der Waals surface area contributed by atoms with Gasteiger partial charge < -0.3 is 15.2 Å². The van der Waals surface area contributed by atoms with Crippen molar-refractivity contribution in [2.75, 3.05) is 13.7 Å². The Kier molecular flexibility index (Phi) is 5.83. The third-order valence-electron chi connectivity index (χ3n) is 2.21. The predicted molar refractivity (Wildman–Crippen MR) is 59.6 cm³/mol. The zero-order valence-electron chi connectivity index (χ0n) is 10.3. The molecule has 0 aromatic rings. The van der Waals surface area contributed by atoms with Gasteiger partial charge in [-0.15, -0.1) is 0 Å². The number of amides is 1. The van der Waals surface area contributed by atoms with E-state index in [2.05, 4.69) is 5.32 Å². The largest absolute Gasteiger partial charge is 0.388 e. The van der Waals surface area contributed by atoms with Gasteiger partial charge >= 0.3 is 0 Å². The maximum Gasteiger partial charge on any atom is 0.248 e. The van der Waals surface area contributed by atoms with Crippen LogP contribution in [0.4, 0.5) is 0 Å². The van der Waals surface area contributed by atoms with Gasteiger partial charge in [0.25, 0.3) is 0 Å². The lowest BCUT2D eigenvalue weighted by Gasteiger charge is -2.26. The Balaban J connectivity index is 3.98. The van der Waals surface area contributed by atoms with E-state index in [4.69, 9.17) is 4.74 Å². The average molecular weight is 217 g/mol. The van der Waals surface area contributed by atoms with E-state index in [0.29, 0.717) is 12.3 Å². The molecule has 90 valence electrons. The molecule has 0 bridgehead atoms. The predicted octanol–water partition coefficient (Wildman–Crippen LogP) is 0.935. The van der Waals surface area contributed by atoms with E-state index in [0.717, 1.165) is 0 Å². The first-order valence-corrected chi connectivity index (χ1v) is 5.31. The number of rotatable bonds is 6. The molecule has 0 fully saturated rings. The Morgan fingerprint density at radius 1 is 1.47 bits per heavy atom. The number of carbonyl (C=O) groups excluding carboxylic acids is 1. The Bertz CT molecular complexity index is 202. The summed E-state index contributed by atoms with van der Waals surface area (Å²) in [6.07, 6.45) is 0.189. The fraction of sp³-hybridized carbons (Fsp3) is 0.909. The molecule has 2 unspecified atom stereocenters. The lowest BCUT2D eigenvalue weighted by atomic mass is 9.94. The number of hydrogen-bond acceptors (Lipinski definition) is 3. The molecule has 0 saturated heterocycles. The molecule has 0 aliphatic carbocycles. The number of hydrogen-bond donors (Lipinski definition) is 2. The molecule has 0 aliphatic heterocycles. The summed E-state index contributed by atoms with van der Waals surface area (Å²) in [4.78, 5) is 11.4. The summed E-state index contributed by atoms with van der Waals surface area (Å²) in [5.74, 6) is 0.207. The third kappa shape index (κ3) is 6.47. The Morgan fingerprint density at radius 2 is 2.00 bits per heavy atom. The molecule has 15 heavy (non-hydrogen) atoms. The Hall–Kier alpha value is -0.610. The third-order valence-corrected chi connectivity index (χ3v) is 2.21. The van der Waals surface area contributed by atoms with Crippen molar-refractivity contribution in [3.63, 3.8) is 0 Å². The van der Waals surface area contributed by atoms with Crippen molar-refractivity contribution in [2.45, 2.75) is 45.8 Å². The lowest BCUT2D eigenvalue weighted by molar-refractivity contribution is -0.131. The topological polar surface area (TPSA) is 58.6 Å². The van der Waals surface area contributed by atoms with Crippen molar-refractivity contribution >= 4 is 5.91 Å². The van der Waals surface area contributed by atoms with E-state index >= 15 is 0 Å². The van der Waals surface area contributed by atoms with Crippen LogP contribution < -0.4 is 5.32 Å². The first-order valence-electron chi connectivity index (χ1n) is 5.31. The van der Waals surface area contributed by atoms with E-state index < -0.39 is 11.7 Å². The fourth-order valence-corrected chi connectivity index (χ4v) is 1.48. The summed E-state index contributed by atoms with van der Waals surface area (Å²) in [5, 5.41) is 12.6. The number of nitrogens with one attached hydrogen (secondary N) is 1. The number of ether oxygens (including phenoxy) is 1. The molecule has 2 N–H and O–H groups in total. The van der Waals surface area contributed by atoms with Crippen LogP contribution in [0.25, 0.3) is 0 Å². The quantitative estimate of drug-likeness (QED) is 0.696. The van der Waals surface area contributed by atoms with E-state index in [1.807, 2.05) is 13.8 Å². The first kappa shape index (κ1) is 14.4. The first-order chi connectivity index (χ1) is 6.78. The summed E-state index contributed by atoms with van der Waals surface area (Å²) in [6.45, 7) is 7.73. The van der Waals surface area contributed by atoms with Crippen LogP contribution in [0.3, 0.4) is 0 Å². The van der Waals surface area contributed by atoms with Gasteiger partial charge in [0.2, 0.25) is 5.91 Å². The minimum atomic E-state index is -0.850. The van der Waals surface area contributed by atoms with Crippen LogP contribution >= 0.6 is 0 Å². The van der Waals surface area contributed by atoms with Gasteiger partial charge in [0.1, 0.15) is 6.10 Å². The number of carbonyl (C=O) groups is 1. The van der Waals surface area contributed by atoms with Gasteiger partial charge in [0.15, 0.2) is 0 Å². The van der Waals surface area contributed by atoms with Gasteiger partial charge in [-0.3, -0.25) is 4.79 Å². The highest BCUT2D eigenvalue weighted by Gasteiger charge is 2.23. The van der Waals surface area contributed by atoms with Gasteiger partial charge in [-0.1, -0.05) is 13.8 Å². The van der Waals surface area contributed by atoms with Gasteiger partial charge in [0, 0.05) is 13.7 Å². The second-order valence-electron chi connectivity index (χ2n) is 4.69. The van der Waals surface area contributed by atoms with Crippen LogP contribution in [0.1, 0.15) is 34.1 Å². The minimum absolute atomic E-state index is 0.193. The normalized spacial score (nSPS) is 17.3. The van der Waals surface area contributed by atoms with Crippen LogP contribution in [0.5, 0.6) is 0 Å². The van der Waals surface area contributed by atoms with Gasteiger partial charge in [0.05, 0.1) is 5.60 Å². The van der Waals surface area contributed by atoms with Crippen molar-refractivity contribution in [1.29, 1.82) is 0 Å². The molecular formula is C11H23NO3. The van der Waals surface area contributed by atoms with Crippen LogP contribution in [-0.4, -0.2) is 36.4 Å². The molecular weight excluding hydrogens is 194 g/mol. The Morgan fingerprint density at radius 3 is 2.40 bits per heavy atom. The monoisotopic (exact) mass is 217 g/mol. The molecule has 0 spiro atoms. The lowest BCUT2D eigenvalue weighted by Crippen LogP contribution is -2.44. The molecule has 1 amide bonds. The highest BCUT2D eigenvalue weighted by Crippen LogP contribution is 2.14. The summed E-state index contributed by atoms with van der Waals surface area (Å²) < 4.78 is 4.86. The maximum absolute atomic E-state index is 11.4. The summed E-state index contributed by atoms with van der Waals surface area (Å²) in [5.41, 5.74) is -0.850. The number of aliphatic hydroxyl groups is 1. The van der Waals surface area contributed by atoms with Gasteiger partial charge in [-0.25, -0.2) is 0 Å². The van der Waals surface area contributed by atoms with E-state index in [1.54, 1.807) is 13.8 Å². The molecule has 0 radical (unpaired) electrons. The highest BCUT2D eigenvalue weighted by molar-refractivity contribution is 5.80. The second-order valence-corrected chi connectivity index (χ2v) is 4.69. The molecule has 4 nitrogen and oxygen atoms in total. The summed E-state index contributed by atoms with van der Waals surface area (Å²) in [6, 6.07) is 0. The van der Waals surface area contributed by atoms with Gasteiger partial charge in [-0.05, 0) is 26.2 Å².